The summed E-state index contributed by atoms with van der Waals surface area (Å²) < 4.78 is 29.1. The van der Waals surface area contributed by atoms with Crippen LogP contribution in [-0.2, 0) is 16.3 Å². The molecule has 0 aliphatic rings. The smallest absolute Gasteiger partial charge is 0.175 e. The fourth-order valence-electron chi connectivity index (χ4n) is 3.59. The van der Waals surface area contributed by atoms with Crippen LogP contribution >= 0.6 is 12.4 Å². The fourth-order valence-corrected chi connectivity index (χ4v) is 4.55. The Hall–Kier alpha value is -2.06. The number of β-amino-alcohol motifs (C(OH)–C–C–N with tert-alkyl or cyclic N) is 1. The van der Waals surface area contributed by atoms with E-state index in [4.69, 9.17) is 4.74 Å². The molecule has 0 fully saturated rings. The number of aromatic nitrogens is 1. The first-order chi connectivity index (χ1) is 14.0. The number of sulfone groups is 1. The predicted molar refractivity (Wildman–Crippen MR) is 127 cm³/mol. The number of hydrogen-bond acceptors (Lipinski definition) is 5. The summed E-state index contributed by atoms with van der Waals surface area (Å²) in [6, 6.07) is 13.0. The van der Waals surface area contributed by atoms with E-state index < -0.39 is 15.9 Å². The third kappa shape index (κ3) is 6.71. The number of benzene rings is 2. The number of aliphatic hydroxyl groups is 1. The van der Waals surface area contributed by atoms with E-state index in [9.17, 15) is 13.5 Å². The van der Waals surface area contributed by atoms with Crippen LogP contribution in [0.1, 0.15) is 25.0 Å². The summed E-state index contributed by atoms with van der Waals surface area (Å²) >= 11 is 0. The van der Waals surface area contributed by atoms with E-state index in [1.54, 1.807) is 19.1 Å². The Bertz CT molecular complexity index is 1130. The molecule has 0 bridgehead atoms. The minimum atomic E-state index is -3.26. The Labute approximate surface area is 190 Å². The number of rotatable bonds is 9. The number of H-pyrrole nitrogens is 1. The SMILES string of the molecule is Cc1cc(OCC(O)CNC(C)(C)Cc2c[nH]c3ccccc23)ccc1S(C)(=O)=O.Cl. The molecule has 8 heteroatoms. The Kier molecular flexibility index (Phi) is 8.16. The standard InChI is InChI=1S/C23H30N2O4S.ClH/c1-16-11-19(9-10-22(16)30(4,27)28)29-15-18(26)14-25-23(2,3)12-17-13-24-21-8-6-5-7-20(17)21;/h5-11,13,18,24-26H,12,14-15H2,1-4H3;1H. The van der Waals surface area contributed by atoms with Crippen LogP contribution in [0.15, 0.2) is 53.6 Å². The van der Waals surface area contributed by atoms with Gasteiger partial charge in [0.1, 0.15) is 18.5 Å². The van der Waals surface area contributed by atoms with Gasteiger partial charge in [0, 0.05) is 35.4 Å². The molecule has 0 radical (unpaired) electrons. The van der Waals surface area contributed by atoms with Crippen LogP contribution in [0, 0.1) is 6.92 Å². The number of hydrogen-bond donors (Lipinski definition) is 3. The van der Waals surface area contributed by atoms with E-state index in [-0.39, 0.29) is 29.4 Å². The minimum absolute atomic E-state index is 0. The average molecular weight is 467 g/mol. The molecule has 2 aromatic carbocycles. The minimum Gasteiger partial charge on any atom is -0.491 e. The number of halogens is 1. The lowest BCUT2D eigenvalue weighted by atomic mass is 9.94. The summed E-state index contributed by atoms with van der Waals surface area (Å²) in [5.74, 6) is 0.539. The van der Waals surface area contributed by atoms with Crippen molar-refractivity contribution in [2.75, 3.05) is 19.4 Å². The Morgan fingerprint density at radius 1 is 1.19 bits per heavy atom. The van der Waals surface area contributed by atoms with Crippen LogP contribution in [0.2, 0.25) is 0 Å². The van der Waals surface area contributed by atoms with E-state index in [1.807, 2.05) is 18.3 Å². The Morgan fingerprint density at radius 2 is 1.90 bits per heavy atom. The van der Waals surface area contributed by atoms with Crippen LogP contribution in [-0.4, -0.2) is 49.6 Å². The molecular weight excluding hydrogens is 436 g/mol. The summed E-state index contributed by atoms with van der Waals surface area (Å²) in [4.78, 5) is 3.59. The van der Waals surface area contributed by atoms with Crippen LogP contribution in [0.25, 0.3) is 10.9 Å². The lowest BCUT2D eigenvalue weighted by molar-refractivity contribution is 0.0988. The number of fused-ring (bicyclic) bond motifs is 1. The van der Waals surface area contributed by atoms with E-state index in [0.717, 1.165) is 11.9 Å². The van der Waals surface area contributed by atoms with E-state index >= 15 is 0 Å². The maximum atomic E-state index is 11.7. The molecule has 0 spiro atoms. The second kappa shape index (κ2) is 10.0. The zero-order chi connectivity index (χ0) is 21.9. The van der Waals surface area contributed by atoms with Gasteiger partial charge in [0.2, 0.25) is 0 Å². The molecule has 3 aromatic rings. The lowest BCUT2D eigenvalue weighted by Gasteiger charge is -2.28. The molecule has 0 amide bonds. The Balaban J connectivity index is 0.00000341. The largest absolute Gasteiger partial charge is 0.491 e. The summed E-state index contributed by atoms with van der Waals surface area (Å²) in [5.41, 5.74) is 2.77. The second-order valence-electron chi connectivity index (χ2n) is 8.47. The van der Waals surface area contributed by atoms with Crippen molar-refractivity contribution in [2.45, 2.75) is 43.7 Å². The highest BCUT2D eigenvalue weighted by atomic mass is 35.5. The quantitative estimate of drug-likeness (QED) is 0.447. The molecule has 3 N–H and O–H groups in total. The molecule has 3 rings (SSSR count). The maximum Gasteiger partial charge on any atom is 0.175 e. The fraction of sp³-hybridized carbons (Fsp3) is 0.391. The van der Waals surface area contributed by atoms with Crippen molar-refractivity contribution in [1.29, 1.82) is 0 Å². The summed E-state index contributed by atoms with van der Waals surface area (Å²) in [7, 11) is -3.26. The van der Waals surface area contributed by atoms with Crippen molar-refractivity contribution in [3.8, 4) is 5.75 Å². The van der Waals surface area contributed by atoms with Crippen LogP contribution in [0.5, 0.6) is 5.75 Å². The van der Waals surface area contributed by atoms with Gasteiger partial charge in [-0.1, -0.05) is 18.2 Å². The summed E-state index contributed by atoms with van der Waals surface area (Å²) in [6.45, 7) is 6.45. The monoisotopic (exact) mass is 466 g/mol. The normalized spacial score (nSPS) is 13.1. The van der Waals surface area contributed by atoms with Gasteiger partial charge in [0.15, 0.2) is 9.84 Å². The van der Waals surface area contributed by atoms with Gasteiger partial charge in [0.05, 0.1) is 4.90 Å². The number of para-hydroxylation sites is 1. The highest BCUT2D eigenvalue weighted by Gasteiger charge is 2.21. The molecule has 1 aromatic heterocycles. The van der Waals surface area contributed by atoms with Gasteiger partial charge in [-0.05, 0) is 62.6 Å². The zero-order valence-electron chi connectivity index (χ0n) is 18.3. The maximum absolute atomic E-state index is 11.7. The highest BCUT2D eigenvalue weighted by molar-refractivity contribution is 7.90. The van der Waals surface area contributed by atoms with Crippen molar-refractivity contribution in [3.05, 3.63) is 59.8 Å². The first kappa shape index (κ1) is 25.2. The predicted octanol–water partition coefficient (Wildman–Crippen LogP) is 3.65. The number of nitrogens with one attached hydrogen (secondary N) is 2. The third-order valence-corrected chi connectivity index (χ3v) is 6.37. The van der Waals surface area contributed by atoms with Gasteiger partial charge >= 0.3 is 0 Å². The topological polar surface area (TPSA) is 91.4 Å². The van der Waals surface area contributed by atoms with E-state index in [0.29, 0.717) is 17.9 Å². The molecule has 1 heterocycles. The van der Waals surface area contributed by atoms with Gasteiger partial charge in [-0.3, -0.25) is 0 Å². The molecule has 170 valence electrons. The molecule has 1 unspecified atom stereocenters. The van der Waals surface area contributed by atoms with Crippen molar-refractivity contribution in [3.63, 3.8) is 0 Å². The first-order valence-corrected chi connectivity index (χ1v) is 11.9. The van der Waals surface area contributed by atoms with Crippen LogP contribution < -0.4 is 10.1 Å². The second-order valence-corrected chi connectivity index (χ2v) is 10.4. The first-order valence-electron chi connectivity index (χ1n) is 9.97. The number of aliphatic hydroxyl groups excluding tert-OH is 1. The number of aromatic amines is 1. The van der Waals surface area contributed by atoms with Crippen molar-refractivity contribution < 1.29 is 18.3 Å². The molecule has 0 saturated carbocycles. The van der Waals surface area contributed by atoms with E-state index in [2.05, 4.69) is 36.3 Å². The third-order valence-electron chi connectivity index (χ3n) is 5.11. The molecule has 1 atom stereocenters. The zero-order valence-corrected chi connectivity index (χ0v) is 19.9. The van der Waals surface area contributed by atoms with Crippen LogP contribution in [0.3, 0.4) is 0 Å². The van der Waals surface area contributed by atoms with E-state index in [1.165, 1.54) is 23.3 Å². The van der Waals surface area contributed by atoms with Gasteiger partial charge in [-0.15, -0.1) is 12.4 Å². The number of aryl methyl sites for hydroxylation is 1. The molecule has 0 saturated heterocycles. The number of ether oxygens (including phenoxy) is 1. The van der Waals surface area contributed by atoms with Crippen molar-refractivity contribution in [2.24, 2.45) is 0 Å². The molecular formula is C23H31ClN2O4S. The van der Waals surface area contributed by atoms with Gasteiger partial charge in [-0.2, -0.15) is 0 Å². The van der Waals surface area contributed by atoms with Crippen molar-refractivity contribution >= 4 is 33.1 Å². The van der Waals surface area contributed by atoms with Gasteiger partial charge < -0.3 is 20.1 Å². The summed E-state index contributed by atoms with van der Waals surface area (Å²) in [6.07, 6.45) is 3.35. The molecule has 0 aliphatic carbocycles. The molecule has 0 aliphatic heterocycles. The highest BCUT2D eigenvalue weighted by Crippen LogP contribution is 2.23. The lowest BCUT2D eigenvalue weighted by Crippen LogP contribution is -2.46. The molecule has 31 heavy (non-hydrogen) atoms. The van der Waals surface area contributed by atoms with Gasteiger partial charge in [0.25, 0.3) is 0 Å². The van der Waals surface area contributed by atoms with Crippen molar-refractivity contribution in [1.82, 2.24) is 10.3 Å². The average Bonchev–Trinajstić information content (AvgIpc) is 3.06. The van der Waals surface area contributed by atoms with Crippen LogP contribution in [0.4, 0.5) is 0 Å². The van der Waals surface area contributed by atoms with Gasteiger partial charge in [-0.25, -0.2) is 8.42 Å². The molecule has 6 nitrogen and oxygen atoms in total. The summed E-state index contributed by atoms with van der Waals surface area (Å²) in [5, 5.41) is 15.0. The Morgan fingerprint density at radius 3 is 2.58 bits per heavy atom.